The second kappa shape index (κ2) is 14.0. The molecule has 3 aliphatic rings. The number of fused-ring (bicyclic) bond motifs is 1. The molecule has 3 amide bonds. The quantitative estimate of drug-likeness (QED) is 0.188. The first-order valence-corrected chi connectivity index (χ1v) is 17.4. The number of hydrogen-bond donors (Lipinski definition) is 1. The first-order valence-electron chi connectivity index (χ1n) is 16.0. The molecule has 2 saturated heterocycles. The second-order valence-electron chi connectivity index (χ2n) is 14.0. The lowest BCUT2D eigenvalue weighted by Crippen LogP contribution is -2.73. The number of nitrogens with zero attached hydrogens (tertiary/aromatic N) is 2. The van der Waals surface area contributed by atoms with Crippen LogP contribution in [0.25, 0.3) is 0 Å². The Bertz CT molecular complexity index is 1690. The van der Waals surface area contributed by atoms with Gasteiger partial charge in [-0.15, -0.1) is 0 Å². The minimum absolute atomic E-state index is 0.167. The van der Waals surface area contributed by atoms with E-state index in [1.807, 2.05) is 60.7 Å². The van der Waals surface area contributed by atoms with Crippen molar-refractivity contribution >= 4 is 40.6 Å². The Labute approximate surface area is 287 Å². The molecule has 0 spiro atoms. The van der Waals surface area contributed by atoms with Crippen LogP contribution in [-0.4, -0.2) is 85.3 Å². The Kier molecular flexibility index (Phi) is 10.1. The van der Waals surface area contributed by atoms with Crippen LogP contribution >= 0.6 is 0 Å². The minimum atomic E-state index is -1.79. The molecule has 49 heavy (non-hydrogen) atoms. The van der Waals surface area contributed by atoms with E-state index in [2.05, 4.69) is 5.32 Å². The summed E-state index contributed by atoms with van der Waals surface area (Å²) < 4.78 is 30.5. The molecular weight excluding hydrogens is 650 g/mol. The van der Waals surface area contributed by atoms with E-state index >= 15 is 0 Å². The van der Waals surface area contributed by atoms with E-state index in [0.717, 1.165) is 4.90 Å². The molecule has 0 bridgehead atoms. The van der Waals surface area contributed by atoms with Gasteiger partial charge >= 0.3 is 18.0 Å². The highest BCUT2D eigenvalue weighted by atomic mass is 32.2. The van der Waals surface area contributed by atoms with E-state index in [1.54, 1.807) is 41.5 Å². The van der Waals surface area contributed by atoms with Crippen LogP contribution in [0.1, 0.15) is 65.2 Å². The molecule has 3 atom stereocenters. The van der Waals surface area contributed by atoms with Crippen LogP contribution in [0.4, 0.5) is 4.79 Å². The lowest BCUT2D eigenvalue weighted by atomic mass is 10.00. The highest BCUT2D eigenvalue weighted by molar-refractivity contribution is 7.86. The number of nitrogens with one attached hydrogen (secondary N) is 1. The summed E-state index contributed by atoms with van der Waals surface area (Å²) in [5.74, 6) is -2.74. The van der Waals surface area contributed by atoms with Crippen LogP contribution < -0.4 is 5.32 Å². The molecule has 3 heterocycles. The molecule has 0 aromatic heterocycles. The third-order valence-electron chi connectivity index (χ3n) is 7.75. The molecule has 260 valence electrons. The summed E-state index contributed by atoms with van der Waals surface area (Å²) in [6.45, 7) is 10.2. The van der Waals surface area contributed by atoms with E-state index in [9.17, 15) is 28.2 Å². The molecule has 0 aliphatic carbocycles. The molecule has 0 saturated carbocycles. The van der Waals surface area contributed by atoms with E-state index in [0.29, 0.717) is 11.1 Å². The number of rotatable bonds is 8. The number of hydrogen-bond acceptors (Lipinski definition) is 9. The molecule has 2 aromatic rings. The Hall–Kier alpha value is -4.78. The third-order valence-corrected chi connectivity index (χ3v) is 9.37. The number of β-lactam (4-membered cyclic amide) rings is 1. The van der Waals surface area contributed by atoms with E-state index in [1.165, 1.54) is 11.0 Å². The highest BCUT2D eigenvalue weighted by Crippen LogP contribution is 2.38. The van der Waals surface area contributed by atoms with Crippen molar-refractivity contribution in [1.82, 2.24) is 15.1 Å². The first kappa shape index (κ1) is 35.5. The van der Waals surface area contributed by atoms with Gasteiger partial charge in [0, 0.05) is 12.1 Å². The molecule has 5 rings (SSSR count). The largest absolute Gasteiger partial charge is 0.459 e. The Balaban J connectivity index is 1.50. The predicted octanol–water partition coefficient (Wildman–Crippen LogP) is 3.90. The number of carbonyl (C=O) groups excluding carboxylic acids is 5. The van der Waals surface area contributed by atoms with Crippen LogP contribution in [0.2, 0.25) is 0 Å². The van der Waals surface area contributed by atoms with Crippen LogP contribution in [0, 0.1) is 0 Å². The fourth-order valence-corrected chi connectivity index (χ4v) is 7.41. The molecule has 0 unspecified atom stereocenters. The standard InChI is InChI=1S/C36H41N3O9S/c1-35(2,3)47-26(40)20-38-18-17-24(30(38)41)19-25-21-49(45)32-27(37-34(44)48-36(4,5)6)31(42)39(32)28(25)33(43)46-29(22-13-9-7-10-14-22)23-15-11-8-12-16-23/h7-16,19,27,29,32H,17-18,20-21H2,1-6H3,(H,37,44)/b24-19+/t27-,32-,49+/m1/s1. The summed E-state index contributed by atoms with van der Waals surface area (Å²) in [6, 6.07) is 17.0. The summed E-state index contributed by atoms with van der Waals surface area (Å²) in [5.41, 5.74) is 0.0803. The summed E-state index contributed by atoms with van der Waals surface area (Å²) in [4.78, 5) is 68.8. The molecule has 1 N–H and O–H groups in total. The number of carbonyl (C=O) groups is 5. The van der Waals surface area contributed by atoms with Gasteiger partial charge in [0.25, 0.3) is 5.91 Å². The van der Waals surface area contributed by atoms with Gasteiger partial charge in [0.05, 0.1) is 16.6 Å². The van der Waals surface area contributed by atoms with E-state index in [-0.39, 0.29) is 42.1 Å². The van der Waals surface area contributed by atoms with Crippen molar-refractivity contribution in [3.8, 4) is 0 Å². The number of esters is 2. The van der Waals surface area contributed by atoms with Crippen molar-refractivity contribution in [3.63, 3.8) is 0 Å². The molecule has 0 radical (unpaired) electrons. The van der Waals surface area contributed by atoms with Crippen molar-refractivity contribution in [1.29, 1.82) is 0 Å². The maximum absolute atomic E-state index is 14.3. The minimum Gasteiger partial charge on any atom is -0.459 e. The summed E-state index contributed by atoms with van der Waals surface area (Å²) >= 11 is 0. The number of likely N-dealkylation sites (tertiary alicyclic amines) is 1. The number of amides is 3. The van der Waals surface area contributed by atoms with Gasteiger partial charge in [-0.3, -0.25) is 23.5 Å². The number of ether oxygens (including phenoxy) is 3. The zero-order valence-corrected chi connectivity index (χ0v) is 29.2. The maximum Gasteiger partial charge on any atom is 0.408 e. The van der Waals surface area contributed by atoms with Crippen molar-refractivity contribution < 1.29 is 42.4 Å². The third kappa shape index (κ3) is 8.27. The smallest absolute Gasteiger partial charge is 0.408 e. The topological polar surface area (TPSA) is 149 Å². The lowest BCUT2D eigenvalue weighted by molar-refractivity contribution is -0.157. The van der Waals surface area contributed by atoms with Gasteiger partial charge in [0.1, 0.15) is 34.9 Å². The van der Waals surface area contributed by atoms with Gasteiger partial charge in [0.15, 0.2) is 6.10 Å². The zero-order valence-electron chi connectivity index (χ0n) is 28.4. The van der Waals surface area contributed by atoms with E-state index in [4.69, 9.17) is 14.2 Å². The van der Waals surface area contributed by atoms with E-state index < -0.39 is 69.4 Å². The number of benzene rings is 2. The summed E-state index contributed by atoms with van der Waals surface area (Å²) in [6.07, 6.45) is -0.00820. The fourth-order valence-electron chi connectivity index (χ4n) is 5.78. The Morgan fingerprint density at radius 2 is 1.49 bits per heavy atom. The average Bonchev–Trinajstić information content (AvgIpc) is 3.35. The SMILES string of the molecule is CC(C)(C)OC(=O)CN1CC/C(=C\C2=C(C(=O)OC(c3ccccc3)c3ccccc3)N3C(=O)[C@@H](NC(=O)OC(C)(C)C)[C@H]3[S@@](=O)C2)C1=O. The van der Waals surface area contributed by atoms with Crippen LogP contribution in [0.3, 0.4) is 0 Å². The van der Waals surface area contributed by atoms with Crippen molar-refractivity contribution in [2.45, 2.75) is 76.7 Å². The Morgan fingerprint density at radius 1 is 0.918 bits per heavy atom. The van der Waals surface area contributed by atoms with Gasteiger partial charge in [-0.1, -0.05) is 60.7 Å². The molecule has 3 aliphatic heterocycles. The second-order valence-corrected chi connectivity index (χ2v) is 15.5. The van der Waals surface area contributed by atoms with Crippen LogP contribution in [0.15, 0.2) is 83.6 Å². The molecule has 2 aromatic carbocycles. The van der Waals surface area contributed by atoms with Crippen molar-refractivity contribution in [3.05, 3.63) is 94.7 Å². The first-order chi connectivity index (χ1) is 23.0. The van der Waals surface area contributed by atoms with Crippen LogP contribution in [-0.2, 0) is 44.2 Å². The lowest BCUT2D eigenvalue weighted by Gasteiger charge is -2.49. The van der Waals surface area contributed by atoms with Gasteiger partial charge in [-0.05, 0) is 70.7 Å². The predicted molar refractivity (Wildman–Crippen MR) is 180 cm³/mol. The van der Waals surface area contributed by atoms with Gasteiger partial charge in [-0.2, -0.15) is 0 Å². The average molecular weight is 692 g/mol. The highest BCUT2D eigenvalue weighted by Gasteiger charge is 2.58. The van der Waals surface area contributed by atoms with Crippen LogP contribution in [0.5, 0.6) is 0 Å². The zero-order chi connectivity index (χ0) is 35.7. The normalized spacial score (nSPS) is 21.8. The van der Waals surface area contributed by atoms with Crippen molar-refractivity contribution in [2.75, 3.05) is 18.8 Å². The van der Waals surface area contributed by atoms with Crippen molar-refractivity contribution in [2.24, 2.45) is 0 Å². The number of alkyl carbamates (subject to hydrolysis) is 1. The Morgan fingerprint density at radius 3 is 2.04 bits per heavy atom. The fraction of sp³-hybridized carbons (Fsp3) is 0.417. The molecule has 12 nitrogen and oxygen atoms in total. The monoisotopic (exact) mass is 691 g/mol. The molecular formula is C36H41N3O9S. The van der Waals surface area contributed by atoms with Gasteiger partial charge in [0.2, 0.25) is 5.91 Å². The van der Waals surface area contributed by atoms with Gasteiger partial charge < -0.3 is 24.4 Å². The molecule has 13 heteroatoms. The van der Waals surface area contributed by atoms with Gasteiger partial charge in [-0.25, -0.2) is 9.59 Å². The maximum atomic E-state index is 14.3. The summed E-state index contributed by atoms with van der Waals surface area (Å²) in [5, 5.41) is 1.43. The molecule has 2 fully saturated rings. The summed E-state index contributed by atoms with van der Waals surface area (Å²) in [7, 11) is -1.79. The number of allylic oxidation sites excluding steroid dienone is 1.